The molecule has 104 valence electrons. The van der Waals surface area contributed by atoms with Gasteiger partial charge in [-0.2, -0.15) is 0 Å². The Hall–Kier alpha value is -1.13. The molecule has 2 atom stereocenters. The van der Waals surface area contributed by atoms with Crippen molar-refractivity contribution in [3.8, 4) is 0 Å². The molecular formula is C15H24N4. The highest BCUT2D eigenvalue weighted by atomic mass is 15.3. The van der Waals surface area contributed by atoms with Crippen LogP contribution < -0.4 is 10.6 Å². The van der Waals surface area contributed by atoms with E-state index in [9.17, 15) is 0 Å². The van der Waals surface area contributed by atoms with Crippen LogP contribution in [0.2, 0.25) is 0 Å². The molecule has 3 heterocycles. The lowest BCUT2D eigenvalue weighted by Gasteiger charge is -2.48. The van der Waals surface area contributed by atoms with Crippen molar-refractivity contribution in [3.05, 3.63) is 24.0 Å². The van der Waals surface area contributed by atoms with Gasteiger partial charge >= 0.3 is 0 Å². The first-order chi connectivity index (χ1) is 9.28. The summed E-state index contributed by atoms with van der Waals surface area (Å²) in [6.07, 6.45) is 5.99. The molecule has 0 bridgehead atoms. The third-order valence-corrected chi connectivity index (χ3v) is 4.53. The van der Waals surface area contributed by atoms with E-state index < -0.39 is 0 Å². The van der Waals surface area contributed by atoms with Crippen molar-refractivity contribution in [2.75, 3.05) is 24.5 Å². The van der Waals surface area contributed by atoms with Gasteiger partial charge < -0.3 is 10.6 Å². The number of anilines is 1. The summed E-state index contributed by atoms with van der Waals surface area (Å²) in [5.41, 5.74) is 7.97. The van der Waals surface area contributed by atoms with Gasteiger partial charge in [-0.05, 0) is 38.4 Å². The number of hydrogen-bond acceptors (Lipinski definition) is 4. The maximum Gasteiger partial charge on any atom is 0.0560 e. The summed E-state index contributed by atoms with van der Waals surface area (Å²) < 4.78 is 0. The van der Waals surface area contributed by atoms with E-state index in [4.69, 9.17) is 5.73 Å². The van der Waals surface area contributed by atoms with Gasteiger partial charge in [0.05, 0.1) is 5.69 Å². The Labute approximate surface area is 115 Å². The van der Waals surface area contributed by atoms with Gasteiger partial charge in [0.2, 0.25) is 0 Å². The minimum Gasteiger partial charge on any atom is -0.366 e. The van der Waals surface area contributed by atoms with Crippen LogP contribution in [0.1, 0.15) is 31.9 Å². The predicted molar refractivity (Wildman–Crippen MR) is 78.1 cm³/mol. The van der Waals surface area contributed by atoms with Crippen molar-refractivity contribution in [1.29, 1.82) is 0 Å². The number of nitrogens with two attached hydrogens (primary N) is 1. The number of hydrogen-bond donors (Lipinski definition) is 1. The Bertz CT molecular complexity index is 434. The molecule has 1 aromatic rings. The number of nitrogens with zero attached hydrogens (tertiary/aromatic N) is 3. The van der Waals surface area contributed by atoms with Crippen molar-refractivity contribution >= 4 is 5.69 Å². The summed E-state index contributed by atoms with van der Waals surface area (Å²) in [5, 5.41) is 0. The molecule has 0 saturated carbocycles. The van der Waals surface area contributed by atoms with Crippen LogP contribution in [0.5, 0.6) is 0 Å². The first kappa shape index (κ1) is 12.9. The lowest BCUT2D eigenvalue weighted by molar-refractivity contribution is 0.115. The third-order valence-electron chi connectivity index (χ3n) is 4.53. The lowest BCUT2D eigenvalue weighted by atomic mass is 9.96. The van der Waals surface area contributed by atoms with Crippen LogP contribution in [0.15, 0.2) is 18.3 Å². The third kappa shape index (κ3) is 2.60. The molecule has 4 nitrogen and oxygen atoms in total. The van der Waals surface area contributed by atoms with Crippen LogP contribution in [0.25, 0.3) is 0 Å². The molecule has 4 heteroatoms. The van der Waals surface area contributed by atoms with Gasteiger partial charge in [-0.1, -0.05) is 6.42 Å². The van der Waals surface area contributed by atoms with E-state index in [1.54, 1.807) is 0 Å². The summed E-state index contributed by atoms with van der Waals surface area (Å²) in [7, 11) is 0. The van der Waals surface area contributed by atoms with Gasteiger partial charge in [-0.3, -0.25) is 9.88 Å². The largest absolute Gasteiger partial charge is 0.366 e. The van der Waals surface area contributed by atoms with Crippen LogP contribution in [0.4, 0.5) is 5.69 Å². The molecule has 0 aromatic carbocycles. The van der Waals surface area contributed by atoms with E-state index in [1.165, 1.54) is 38.0 Å². The fraction of sp³-hybridized carbons (Fsp3) is 0.667. The SMILES string of the molecule is CC1CN2CCCCC2CN1c1ccnc(CN)c1. The Morgan fingerprint density at radius 3 is 3.11 bits per heavy atom. The van der Waals surface area contributed by atoms with E-state index in [0.717, 1.165) is 18.3 Å². The molecule has 0 radical (unpaired) electrons. The number of pyridine rings is 1. The summed E-state index contributed by atoms with van der Waals surface area (Å²) in [6, 6.07) is 5.57. The molecule has 0 aliphatic carbocycles. The minimum absolute atomic E-state index is 0.519. The number of aromatic nitrogens is 1. The van der Waals surface area contributed by atoms with Crippen molar-refractivity contribution in [3.63, 3.8) is 0 Å². The van der Waals surface area contributed by atoms with Crippen molar-refractivity contribution in [1.82, 2.24) is 9.88 Å². The number of piperidine rings is 1. The Kier molecular flexibility index (Phi) is 3.71. The van der Waals surface area contributed by atoms with E-state index in [2.05, 4.69) is 33.8 Å². The Morgan fingerprint density at radius 2 is 2.26 bits per heavy atom. The van der Waals surface area contributed by atoms with Gasteiger partial charge in [-0.15, -0.1) is 0 Å². The topological polar surface area (TPSA) is 45.4 Å². The second-order valence-electron chi connectivity index (χ2n) is 5.86. The average Bonchev–Trinajstić information content (AvgIpc) is 2.46. The van der Waals surface area contributed by atoms with E-state index in [-0.39, 0.29) is 0 Å². The van der Waals surface area contributed by atoms with Gasteiger partial charge in [0.15, 0.2) is 0 Å². The molecule has 2 unspecified atom stereocenters. The maximum atomic E-state index is 5.70. The zero-order chi connectivity index (χ0) is 13.2. The normalized spacial score (nSPS) is 28.2. The summed E-state index contributed by atoms with van der Waals surface area (Å²) >= 11 is 0. The molecule has 2 aliphatic rings. The van der Waals surface area contributed by atoms with Gasteiger partial charge in [0, 0.05) is 43.6 Å². The van der Waals surface area contributed by atoms with Gasteiger partial charge in [0.25, 0.3) is 0 Å². The molecule has 2 N–H and O–H groups in total. The zero-order valence-corrected chi connectivity index (χ0v) is 11.8. The molecule has 0 amide bonds. The predicted octanol–water partition coefficient (Wildman–Crippen LogP) is 1.60. The minimum atomic E-state index is 0.519. The van der Waals surface area contributed by atoms with Crippen LogP contribution in [-0.4, -0.2) is 41.6 Å². The van der Waals surface area contributed by atoms with Crippen LogP contribution >= 0.6 is 0 Å². The first-order valence-electron chi connectivity index (χ1n) is 7.43. The maximum absolute atomic E-state index is 5.70. The summed E-state index contributed by atoms with van der Waals surface area (Å²) in [6.45, 7) is 6.46. The second kappa shape index (κ2) is 5.47. The first-order valence-corrected chi connectivity index (χ1v) is 7.43. The van der Waals surface area contributed by atoms with Crippen molar-refractivity contribution in [2.24, 2.45) is 5.73 Å². The lowest BCUT2D eigenvalue weighted by Crippen LogP contribution is -2.58. The molecule has 1 aromatic heterocycles. The molecule has 2 saturated heterocycles. The Balaban J connectivity index is 1.79. The standard InChI is InChI=1S/C15H24N4/c1-12-10-18-7-3-2-4-15(18)11-19(12)14-5-6-17-13(8-14)9-16/h5-6,8,12,15H,2-4,7,9-11,16H2,1H3. The molecule has 2 fully saturated rings. The van der Waals surface area contributed by atoms with E-state index in [0.29, 0.717) is 12.6 Å². The quantitative estimate of drug-likeness (QED) is 0.877. The number of piperazine rings is 1. The Morgan fingerprint density at radius 1 is 1.37 bits per heavy atom. The second-order valence-corrected chi connectivity index (χ2v) is 5.86. The molecule has 2 aliphatic heterocycles. The highest BCUT2D eigenvalue weighted by Crippen LogP contribution is 2.28. The van der Waals surface area contributed by atoms with E-state index >= 15 is 0 Å². The molecule has 3 rings (SSSR count). The fourth-order valence-corrected chi connectivity index (χ4v) is 3.47. The van der Waals surface area contributed by atoms with Crippen molar-refractivity contribution < 1.29 is 0 Å². The molecule has 0 spiro atoms. The average molecular weight is 260 g/mol. The van der Waals surface area contributed by atoms with E-state index in [1.807, 2.05) is 6.20 Å². The molecular weight excluding hydrogens is 236 g/mol. The number of fused-ring (bicyclic) bond motifs is 1. The van der Waals surface area contributed by atoms with Crippen LogP contribution in [-0.2, 0) is 6.54 Å². The highest BCUT2D eigenvalue weighted by Gasteiger charge is 2.32. The van der Waals surface area contributed by atoms with Crippen LogP contribution in [0, 0.1) is 0 Å². The van der Waals surface area contributed by atoms with Crippen molar-refractivity contribution in [2.45, 2.75) is 44.8 Å². The summed E-state index contributed by atoms with van der Waals surface area (Å²) in [5.74, 6) is 0. The monoisotopic (exact) mass is 260 g/mol. The van der Waals surface area contributed by atoms with Gasteiger partial charge in [0.1, 0.15) is 0 Å². The van der Waals surface area contributed by atoms with Crippen LogP contribution in [0.3, 0.4) is 0 Å². The number of rotatable bonds is 2. The zero-order valence-electron chi connectivity index (χ0n) is 11.8. The van der Waals surface area contributed by atoms with Gasteiger partial charge in [-0.25, -0.2) is 0 Å². The highest BCUT2D eigenvalue weighted by molar-refractivity contribution is 5.48. The summed E-state index contributed by atoms with van der Waals surface area (Å²) in [4.78, 5) is 9.51. The fourth-order valence-electron chi connectivity index (χ4n) is 3.47. The smallest absolute Gasteiger partial charge is 0.0560 e. The molecule has 19 heavy (non-hydrogen) atoms.